The van der Waals surface area contributed by atoms with Gasteiger partial charge in [-0.2, -0.15) is 0 Å². The van der Waals surface area contributed by atoms with Crippen molar-refractivity contribution in [3.8, 4) is 0 Å². The SMILES string of the molecule is O=C(O)CCOC1CCN(C(=O)c2c[nH]c(=O)cn2)CC1. The van der Waals surface area contributed by atoms with Crippen LogP contribution in [-0.4, -0.2) is 57.7 Å². The zero-order chi connectivity index (χ0) is 15.2. The van der Waals surface area contributed by atoms with E-state index in [1.54, 1.807) is 4.90 Å². The van der Waals surface area contributed by atoms with Gasteiger partial charge in [0.25, 0.3) is 11.5 Å². The number of nitrogens with zero attached hydrogens (tertiary/aromatic N) is 2. The predicted molar refractivity (Wildman–Crippen MR) is 72.0 cm³/mol. The third-order valence-electron chi connectivity index (χ3n) is 3.29. The molecule has 0 spiro atoms. The van der Waals surface area contributed by atoms with Crippen LogP contribution in [-0.2, 0) is 9.53 Å². The largest absolute Gasteiger partial charge is 0.481 e. The van der Waals surface area contributed by atoms with Crippen molar-refractivity contribution in [3.05, 3.63) is 28.4 Å². The zero-order valence-electron chi connectivity index (χ0n) is 11.4. The van der Waals surface area contributed by atoms with Crippen molar-refractivity contribution in [2.75, 3.05) is 19.7 Å². The van der Waals surface area contributed by atoms with E-state index in [-0.39, 0.29) is 36.3 Å². The van der Waals surface area contributed by atoms with Crippen LogP contribution in [0.2, 0.25) is 0 Å². The van der Waals surface area contributed by atoms with Crippen molar-refractivity contribution in [2.45, 2.75) is 25.4 Å². The number of hydrogen-bond donors (Lipinski definition) is 2. The average molecular weight is 295 g/mol. The van der Waals surface area contributed by atoms with Crippen LogP contribution in [0.25, 0.3) is 0 Å². The molecule has 2 rings (SSSR count). The van der Waals surface area contributed by atoms with Crippen LogP contribution in [0.15, 0.2) is 17.2 Å². The first-order valence-electron chi connectivity index (χ1n) is 6.73. The van der Waals surface area contributed by atoms with E-state index >= 15 is 0 Å². The zero-order valence-corrected chi connectivity index (χ0v) is 11.4. The van der Waals surface area contributed by atoms with Crippen LogP contribution >= 0.6 is 0 Å². The van der Waals surface area contributed by atoms with E-state index in [0.717, 1.165) is 6.20 Å². The van der Waals surface area contributed by atoms with Gasteiger partial charge in [0.1, 0.15) is 5.69 Å². The summed E-state index contributed by atoms with van der Waals surface area (Å²) in [6.45, 7) is 1.24. The molecule has 1 saturated heterocycles. The van der Waals surface area contributed by atoms with Gasteiger partial charge in [0.2, 0.25) is 0 Å². The third-order valence-corrected chi connectivity index (χ3v) is 3.29. The second-order valence-corrected chi connectivity index (χ2v) is 4.80. The van der Waals surface area contributed by atoms with E-state index in [4.69, 9.17) is 9.84 Å². The molecule has 1 aliphatic heterocycles. The Morgan fingerprint density at radius 3 is 2.71 bits per heavy atom. The Balaban J connectivity index is 1.80. The van der Waals surface area contributed by atoms with E-state index in [1.807, 2.05) is 0 Å². The van der Waals surface area contributed by atoms with Crippen LogP contribution in [0.5, 0.6) is 0 Å². The van der Waals surface area contributed by atoms with Gasteiger partial charge in [0, 0.05) is 19.3 Å². The Kier molecular flexibility index (Phi) is 5.04. The van der Waals surface area contributed by atoms with Gasteiger partial charge < -0.3 is 19.7 Å². The molecule has 0 aromatic carbocycles. The maximum Gasteiger partial charge on any atom is 0.305 e. The topological polar surface area (TPSA) is 113 Å². The summed E-state index contributed by atoms with van der Waals surface area (Å²) >= 11 is 0. The minimum absolute atomic E-state index is 0.0134. The summed E-state index contributed by atoms with van der Waals surface area (Å²) in [5, 5.41) is 8.54. The van der Waals surface area contributed by atoms with Crippen molar-refractivity contribution in [3.63, 3.8) is 0 Å². The summed E-state index contributed by atoms with van der Waals surface area (Å²) in [4.78, 5) is 41.3. The van der Waals surface area contributed by atoms with Crippen molar-refractivity contribution in [1.82, 2.24) is 14.9 Å². The number of aliphatic carboxylic acids is 1. The lowest BCUT2D eigenvalue weighted by Crippen LogP contribution is -2.41. The quantitative estimate of drug-likeness (QED) is 0.782. The molecule has 2 N–H and O–H groups in total. The number of nitrogens with one attached hydrogen (secondary N) is 1. The number of H-pyrrole nitrogens is 1. The molecule has 1 aromatic heterocycles. The summed E-state index contributed by atoms with van der Waals surface area (Å²) in [5.41, 5.74) is -0.142. The minimum Gasteiger partial charge on any atom is -0.481 e. The Bertz CT molecular complexity index is 543. The monoisotopic (exact) mass is 295 g/mol. The first-order chi connectivity index (χ1) is 10.1. The number of carbonyl (C=O) groups excluding carboxylic acids is 1. The predicted octanol–water partition coefficient (Wildman–Crippen LogP) is -0.134. The van der Waals surface area contributed by atoms with E-state index in [1.165, 1.54) is 6.20 Å². The number of carboxylic acid groups (broad SMARTS) is 1. The number of hydrogen-bond acceptors (Lipinski definition) is 5. The Morgan fingerprint density at radius 1 is 1.43 bits per heavy atom. The molecule has 1 aliphatic rings. The van der Waals surface area contributed by atoms with E-state index in [2.05, 4.69) is 9.97 Å². The standard InChI is InChI=1S/C13H17N3O5/c17-11-8-14-10(7-15-11)13(20)16-4-1-9(2-5-16)21-6-3-12(18)19/h7-9H,1-6H2,(H,15,17)(H,18,19). The Labute approximate surface area is 120 Å². The third kappa shape index (κ3) is 4.38. The Morgan fingerprint density at radius 2 is 2.14 bits per heavy atom. The van der Waals surface area contributed by atoms with Crippen LogP contribution in [0.1, 0.15) is 29.8 Å². The van der Waals surface area contributed by atoms with Crippen LogP contribution in [0.4, 0.5) is 0 Å². The lowest BCUT2D eigenvalue weighted by Gasteiger charge is -2.31. The number of aromatic nitrogens is 2. The summed E-state index contributed by atoms with van der Waals surface area (Å²) in [6.07, 6.45) is 3.68. The molecule has 8 heteroatoms. The second-order valence-electron chi connectivity index (χ2n) is 4.80. The molecule has 2 heterocycles. The molecule has 1 fully saturated rings. The fraction of sp³-hybridized carbons (Fsp3) is 0.538. The highest BCUT2D eigenvalue weighted by atomic mass is 16.5. The van der Waals surface area contributed by atoms with Crippen molar-refractivity contribution in [2.24, 2.45) is 0 Å². The molecule has 0 radical (unpaired) electrons. The van der Waals surface area contributed by atoms with E-state index in [9.17, 15) is 14.4 Å². The van der Waals surface area contributed by atoms with Gasteiger partial charge in [0.15, 0.2) is 0 Å². The van der Waals surface area contributed by atoms with Crippen molar-refractivity contribution < 1.29 is 19.4 Å². The molecule has 8 nitrogen and oxygen atoms in total. The second kappa shape index (κ2) is 6.98. The molecule has 0 unspecified atom stereocenters. The molecule has 1 amide bonds. The normalized spacial score (nSPS) is 15.9. The minimum atomic E-state index is -0.883. The first-order valence-corrected chi connectivity index (χ1v) is 6.73. The summed E-state index contributed by atoms with van der Waals surface area (Å²) < 4.78 is 5.46. The molecule has 0 saturated carbocycles. The molecule has 1 aromatic rings. The van der Waals surface area contributed by atoms with Gasteiger partial charge in [-0.1, -0.05) is 0 Å². The lowest BCUT2D eigenvalue weighted by molar-refractivity contribution is -0.138. The summed E-state index contributed by atoms with van der Waals surface area (Å²) in [7, 11) is 0. The number of likely N-dealkylation sites (tertiary alicyclic amines) is 1. The molecule has 114 valence electrons. The number of carbonyl (C=O) groups is 2. The van der Waals surface area contributed by atoms with Gasteiger partial charge in [-0.05, 0) is 12.8 Å². The van der Waals surface area contributed by atoms with Crippen LogP contribution in [0.3, 0.4) is 0 Å². The summed E-state index contributed by atoms with van der Waals surface area (Å²) in [6, 6.07) is 0. The van der Waals surface area contributed by atoms with Gasteiger partial charge in [-0.3, -0.25) is 14.4 Å². The molecular weight excluding hydrogens is 278 g/mol. The van der Waals surface area contributed by atoms with E-state index in [0.29, 0.717) is 25.9 Å². The number of aromatic amines is 1. The van der Waals surface area contributed by atoms with Gasteiger partial charge in [0.05, 0.1) is 25.3 Å². The van der Waals surface area contributed by atoms with Gasteiger partial charge in [-0.15, -0.1) is 0 Å². The highest BCUT2D eigenvalue weighted by Crippen LogP contribution is 2.15. The maximum atomic E-state index is 12.1. The number of amides is 1. The average Bonchev–Trinajstić information content (AvgIpc) is 2.48. The van der Waals surface area contributed by atoms with Crippen LogP contribution < -0.4 is 5.56 Å². The molecular formula is C13H17N3O5. The smallest absolute Gasteiger partial charge is 0.305 e. The van der Waals surface area contributed by atoms with Crippen LogP contribution in [0, 0.1) is 0 Å². The molecule has 0 bridgehead atoms. The van der Waals surface area contributed by atoms with E-state index < -0.39 is 5.97 Å². The van der Waals surface area contributed by atoms with Gasteiger partial charge in [-0.25, -0.2) is 4.98 Å². The van der Waals surface area contributed by atoms with Crippen molar-refractivity contribution >= 4 is 11.9 Å². The molecule has 0 atom stereocenters. The first kappa shape index (κ1) is 15.2. The Hall–Kier alpha value is -2.22. The number of carboxylic acids is 1. The van der Waals surface area contributed by atoms with Gasteiger partial charge >= 0.3 is 5.97 Å². The summed E-state index contributed by atoms with van der Waals surface area (Å²) in [5.74, 6) is -1.11. The molecule has 0 aliphatic carbocycles. The molecule has 21 heavy (non-hydrogen) atoms. The number of ether oxygens (including phenoxy) is 1. The van der Waals surface area contributed by atoms with Crippen molar-refractivity contribution in [1.29, 1.82) is 0 Å². The fourth-order valence-corrected chi connectivity index (χ4v) is 2.16. The highest BCUT2D eigenvalue weighted by Gasteiger charge is 2.24. The lowest BCUT2D eigenvalue weighted by atomic mass is 10.1. The fourth-order valence-electron chi connectivity index (χ4n) is 2.16. The maximum absolute atomic E-state index is 12.1. The highest BCUT2D eigenvalue weighted by molar-refractivity contribution is 5.92. The number of piperidine rings is 1. The number of rotatable bonds is 5.